The maximum Gasteiger partial charge on any atom is 0.328 e. The number of amides is 1. The highest BCUT2D eigenvalue weighted by Gasteiger charge is 2.17. The Morgan fingerprint density at radius 2 is 2.24 bits per heavy atom. The lowest BCUT2D eigenvalue weighted by atomic mass is 10.3. The number of carbonyl (C=O) groups is 2. The number of anilines is 1. The van der Waals surface area contributed by atoms with E-state index >= 15 is 0 Å². The minimum atomic E-state index is -1.05. The molecule has 0 spiro atoms. The van der Waals surface area contributed by atoms with E-state index in [4.69, 9.17) is 10.8 Å². The van der Waals surface area contributed by atoms with Crippen LogP contribution in [0.5, 0.6) is 0 Å². The summed E-state index contributed by atoms with van der Waals surface area (Å²) in [5, 5.41) is 8.81. The Morgan fingerprint density at radius 3 is 2.86 bits per heavy atom. The lowest BCUT2D eigenvalue weighted by Gasteiger charge is -2.19. The van der Waals surface area contributed by atoms with Gasteiger partial charge >= 0.3 is 5.97 Å². The van der Waals surface area contributed by atoms with Gasteiger partial charge in [-0.05, 0) is 25.1 Å². The predicted molar refractivity (Wildman–Crippen MR) is 78.9 cm³/mol. The third kappa shape index (κ3) is 3.19. The van der Waals surface area contributed by atoms with Crippen LogP contribution in [0.1, 0.15) is 12.6 Å². The van der Waals surface area contributed by atoms with Gasteiger partial charge in [0, 0.05) is 18.8 Å². The van der Waals surface area contributed by atoms with Crippen molar-refractivity contribution < 1.29 is 14.7 Å². The number of carboxylic acid groups (broad SMARTS) is 1. The maximum atomic E-state index is 11.2. The fourth-order valence-corrected chi connectivity index (χ4v) is 2.06. The molecule has 0 bridgehead atoms. The molecule has 0 atom stereocenters. The molecule has 0 aliphatic heterocycles. The second-order valence-electron chi connectivity index (χ2n) is 4.40. The molecule has 0 aliphatic rings. The first-order chi connectivity index (χ1) is 10.0. The van der Waals surface area contributed by atoms with E-state index < -0.39 is 11.9 Å². The Hall–Kier alpha value is -2.83. The van der Waals surface area contributed by atoms with Crippen LogP contribution in [-0.2, 0) is 9.59 Å². The molecule has 7 heteroatoms. The molecule has 2 aromatic rings. The second kappa shape index (κ2) is 6.08. The average Bonchev–Trinajstić information content (AvgIpc) is 2.80. The lowest BCUT2D eigenvalue weighted by Crippen LogP contribution is -2.34. The number of rotatable bonds is 6. The zero-order valence-electron chi connectivity index (χ0n) is 11.6. The third-order valence-electron chi connectivity index (χ3n) is 2.96. The van der Waals surface area contributed by atoms with Gasteiger partial charge in [0.1, 0.15) is 5.65 Å². The van der Waals surface area contributed by atoms with Gasteiger partial charge in [-0.2, -0.15) is 0 Å². The van der Waals surface area contributed by atoms with Gasteiger partial charge in [0.15, 0.2) is 5.82 Å². The molecule has 0 saturated carbocycles. The van der Waals surface area contributed by atoms with E-state index in [0.717, 1.165) is 6.08 Å². The first kappa shape index (κ1) is 14.6. The summed E-state index contributed by atoms with van der Waals surface area (Å²) in [7, 11) is 0. The van der Waals surface area contributed by atoms with Gasteiger partial charge in [0.2, 0.25) is 5.91 Å². The molecule has 3 N–H and O–H groups in total. The molecule has 7 nitrogen and oxygen atoms in total. The molecule has 0 saturated heterocycles. The molecule has 0 radical (unpaired) electrons. The van der Waals surface area contributed by atoms with E-state index in [2.05, 4.69) is 4.98 Å². The summed E-state index contributed by atoms with van der Waals surface area (Å²) < 4.78 is 1.76. The zero-order chi connectivity index (χ0) is 15.4. The monoisotopic (exact) mass is 288 g/mol. The van der Waals surface area contributed by atoms with E-state index in [9.17, 15) is 9.59 Å². The Bertz CT molecular complexity index is 705. The first-order valence-corrected chi connectivity index (χ1v) is 6.44. The number of nitrogens with two attached hydrogens (primary N) is 1. The van der Waals surface area contributed by atoms with Crippen molar-refractivity contribution in [3.05, 3.63) is 36.2 Å². The van der Waals surface area contributed by atoms with Gasteiger partial charge < -0.3 is 15.7 Å². The van der Waals surface area contributed by atoms with Gasteiger partial charge in [0.05, 0.1) is 12.2 Å². The highest BCUT2D eigenvalue weighted by Crippen LogP contribution is 2.23. The van der Waals surface area contributed by atoms with Crippen molar-refractivity contribution in [3.63, 3.8) is 0 Å². The molecular weight excluding hydrogens is 272 g/mol. The number of hydrogen-bond acceptors (Lipinski definition) is 4. The molecule has 2 aromatic heterocycles. The van der Waals surface area contributed by atoms with E-state index in [1.165, 1.54) is 6.08 Å². The SMILES string of the molecule is CCN(CC(N)=O)c1nc2ccccn2c1/C=C/C(=O)O. The Labute approximate surface area is 121 Å². The topological polar surface area (TPSA) is 101 Å². The van der Waals surface area contributed by atoms with Gasteiger partial charge in [-0.25, -0.2) is 9.78 Å². The van der Waals surface area contributed by atoms with E-state index in [0.29, 0.717) is 23.7 Å². The van der Waals surface area contributed by atoms with Gasteiger partial charge in [0.25, 0.3) is 0 Å². The van der Waals surface area contributed by atoms with Crippen molar-refractivity contribution in [2.45, 2.75) is 6.92 Å². The smallest absolute Gasteiger partial charge is 0.328 e. The number of carbonyl (C=O) groups excluding carboxylic acids is 1. The number of aromatic nitrogens is 2. The minimum absolute atomic E-state index is 0.0221. The van der Waals surface area contributed by atoms with Crippen LogP contribution in [0.15, 0.2) is 30.5 Å². The van der Waals surface area contributed by atoms with Crippen LogP contribution >= 0.6 is 0 Å². The Balaban J connectivity index is 2.57. The molecule has 0 unspecified atom stereocenters. The number of primary amides is 1. The average molecular weight is 288 g/mol. The van der Waals surface area contributed by atoms with Crippen LogP contribution < -0.4 is 10.6 Å². The molecule has 0 aliphatic carbocycles. The summed E-state index contributed by atoms with van der Waals surface area (Å²) in [5.41, 5.74) is 6.51. The fraction of sp³-hybridized carbons (Fsp3) is 0.214. The Morgan fingerprint density at radius 1 is 1.48 bits per heavy atom. The van der Waals surface area contributed by atoms with Crippen molar-refractivity contribution in [1.29, 1.82) is 0 Å². The molecular formula is C14H16N4O3. The number of nitrogens with zero attached hydrogens (tertiary/aromatic N) is 3. The molecule has 0 fully saturated rings. The van der Waals surface area contributed by atoms with Crippen LogP contribution in [0.2, 0.25) is 0 Å². The van der Waals surface area contributed by atoms with E-state index in [1.54, 1.807) is 21.6 Å². The lowest BCUT2D eigenvalue weighted by molar-refractivity contribution is -0.131. The van der Waals surface area contributed by atoms with Crippen molar-refractivity contribution in [2.24, 2.45) is 5.73 Å². The van der Waals surface area contributed by atoms with Crippen LogP contribution in [0.25, 0.3) is 11.7 Å². The van der Waals surface area contributed by atoms with Crippen molar-refractivity contribution >= 4 is 29.4 Å². The molecule has 110 valence electrons. The largest absolute Gasteiger partial charge is 0.478 e. The standard InChI is InChI=1S/C14H16N4O3/c1-2-17(9-11(15)19)14-10(6-7-13(20)21)18-8-4-3-5-12(18)16-14/h3-8H,2,9H2,1H3,(H2,15,19)(H,20,21)/b7-6+. The minimum Gasteiger partial charge on any atom is -0.478 e. The summed E-state index contributed by atoms with van der Waals surface area (Å²) >= 11 is 0. The summed E-state index contributed by atoms with van der Waals surface area (Å²) in [5.74, 6) is -0.994. The van der Waals surface area contributed by atoms with Gasteiger partial charge in [-0.1, -0.05) is 6.07 Å². The quantitative estimate of drug-likeness (QED) is 0.764. The van der Waals surface area contributed by atoms with Crippen molar-refractivity contribution in [3.8, 4) is 0 Å². The van der Waals surface area contributed by atoms with Crippen LogP contribution in [0.4, 0.5) is 5.82 Å². The maximum absolute atomic E-state index is 11.2. The fourth-order valence-electron chi connectivity index (χ4n) is 2.06. The molecule has 0 aromatic carbocycles. The van der Waals surface area contributed by atoms with E-state index in [-0.39, 0.29) is 6.54 Å². The first-order valence-electron chi connectivity index (χ1n) is 6.44. The Kier molecular flexibility index (Phi) is 4.22. The number of carboxylic acids is 1. The zero-order valence-corrected chi connectivity index (χ0v) is 11.6. The van der Waals surface area contributed by atoms with Crippen LogP contribution in [0.3, 0.4) is 0 Å². The number of fused-ring (bicyclic) bond motifs is 1. The highest BCUT2D eigenvalue weighted by molar-refractivity contribution is 5.87. The van der Waals surface area contributed by atoms with Crippen molar-refractivity contribution in [2.75, 3.05) is 18.0 Å². The molecule has 21 heavy (non-hydrogen) atoms. The summed E-state index contributed by atoms with van der Waals surface area (Å²) in [6.45, 7) is 2.42. The van der Waals surface area contributed by atoms with Crippen molar-refractivity contribution in [1.82, 2.24) is 9.38 Å². The summed E-state index contributed by atoms with van der Waals surface area (Å²) in [4.78, 5) is 28.1. The second-order valence-corrected chi connectivity index (χ2v) is 4.40. The van der Waals surface area contributed by atoms with Crippen LogP contribution in [-0.4, -0.2) is 39.5 Å². The third-order valence-corrected chi connectivity index (χ3v) is 2.96. The summed E-state index contributed by atoms with van der Waals surface area (Å²) in [6.07, 6.45) is 4.28. The number of aliphatic carboxylic acids is 1. The highest BCUT2D eigenvalue weighted by atomic mass is 16.4. The number of imidazole rings is 1. The molecule has 2 heterocycles. The van der Waals surface area contributed by atoms with E-state index in [1.807, 2.05) is 19.1 Å². The molecule has 1 amide bonds. The number of pyridine rings is 1. The van der Waals surface area contributed by atoms with Crippen LogP contribution in [0, 0.1) is 0 Å². The van der Waals surface area contributed by atoms with Gasteiger partial charge in [-0.15, -0.1) is 0 Å². The summed E-state index contributed by atoms with van der Waals surface area (Å²) in [6, 6.07) is 5.46. The predicted octanol–water partition coefficient (Wildman–Crippen LogP) is 0.744. The number of likely N-dealkylation sites (N-methyl/N-ethyl adjacent to an activating group) is 1. The normalized spacial score (nSPS) is 11.1. The molecule has 2 rings (SSSR count). The number of hydrogen-bond donors (Lipinski definition) is 2. The van der Waals surface area contributed by atoms with Gasteiger partial charge in [-0.3, -0.25) is 9.20 Å².